The molecule has 1 aliphatic heterocycles. The number of piperidine rings is 1. The van der Waals surface area contributed by atoms with Crippen molar-refractivity contribution in [2.75, 3.05) is 13.1 Å². The first-order valence-corrected chi connectivity index (χ1v) is 8.10. The van der Waals surface area contributed by atoms with E-state index >= 15 is 0 Å². The van der Waals surface area contributed by atoms with Crippen LogP contribution >= 0.6 is 0 Å². The molecule has 4 nitrogen and oxygen atoms in total. The van der Waals surface area contributed by atoms with E-state index in [1.165, 1.54) is 0 Å². The molecule has 0 aromatic rings. The van der Waals surface area contributed by atoms with E-state index < -0.39 is 10.2 Å². The van der Waals surface area contributed by atoms with Crippen LogP contribution < -0.4 is 4.72 Å². The van der Waals surface area contributed by atoms with E-state index in [0.29, 0.717) is 13.1 Å². The van der Waals surface area contributed by atoms with Crippen molar-refractivity contribution in [2.45, 2.75) is 64.8 Å². The second kappa shape index (κ2) is 6.16. The number of rotatable bonds is 6. The fourth-order valence-corrected chi connectivity index (χ4v) is 3.86. The van der Waals surface area contributed by atoms with E-state index in [1.54, 1.807) is 4.31 Å². The van der Waals surface area contributed by atoms with Gasteiger partial charge in [-0.15, -0.1) is 0 Å². The first kappa shape index (κ1) is 14.9. The third-order valence-corrected chi connectivity index (χ3v) is 5.07. The highest BCUT2D eigenvalue weighted by atomic mass is 32.2. The van der Waals surface area contributed by atoms with E-state index in [0.717, 1.165) is 38.5 Å². The first-order chi connectivity index (χ1) is 7.87. The average Bonchev–Trinajstić information content (AvgIpc) is 2.26. The molecular weight excluding hydrogens is 236 g/mol. The van der Waals surface area contributed by atoms with Crippen LogP contribution in [-0.4, -0.2) is 31.4 Å². The van der Waals surface area contributed by atoms with Crippen LogP contribution in [-0.2, 0) is 10.2 Å². The Balaban J connectivity index is 2.58. The summed E-state index contributed by atoms with van der Waals surface area (Å²) in [7, 11) is -3.29. The summed E-state index contributed by atoms with van der Waals surface area (Å²) in [4.78, 5) is 0. The zero-order valence-corrected chi connectivity index (χ0v) is 12.1. The summed E-state index contributed by atoms with van der Waals surface area (Å²) < 4.78 is 28.8. The molecule has 0 aromatic carbocycles. The van der Waals surface area contributed by atoms with E-state index in [2.05, 4.69) is 11.6 Å². The highest BCUT2D eigenvalue weighted by Gasteiger charge is 2.29. The van der Waals surface area contributed by atoms with E-state index in [-0.39, 0.29) is 5.54 Å². The van der Waals surface area contributed by atoms with Crippen LogP contribution in [0.3, 0.4) is 0 Å². The van der Waals surface area contributed by atoms with Gasteiger partial charge < -0.3 is 0 Å². The maximum Gasteiger partial charge on any atom is 0.279 e. The predicted molar refractivity (Wildman–Crippen MR) is 71.1 cm³/mol. The largest absolute Gasteiger partial charge is 0.279 e. The second-order valence-electron chi connectivity index (χ2n) is 5.55. The summed E-state index contributed by atoms with van der Waals surface area (Å²) in [5, 5.41) is 0. The molecular formula is C12H26N2O2S. The zero-order chi connectivity index (χ0) is 12.9. The lowest BCUT2D eigenvalue weighted by molar-refractivity contribution is 0.324. The summed E-state index contributed by atoms with van der Waals surface area (Å²) >= 11 is 0. The SMILES string of the molecule is CCCCC(C)(C)NS(=O)(=O)N1CCCCC1. The number of hydrogen-bond acceptors (Lipinski definition) is 2. The molecule has 0 spiro atoms. The summed E-state index contributed by atoms with van der Waals surface area (Å²) in [6, 6.07) is 0. The van der Waals surface area contributed by atoms with Gasteiger partial charge in [-0.3, -0.25) is 0 Å². The van der Waals surface area contributed by atoms with Crippen LogP contribution in [0.2, 0.25) is 0 Å². The molecule has 0 aromatic heterocycles. The van der Waals surface area contributed by atoms with Gasteiger partial charge in [-0.1, -0.05) is 26.2 Å². The van der Waals surface area contributed by atoms with E-state index in [4.69, 9.17) is 0 Å². The summed E-state index contributed by atoms with van der Waals surface area (Å²) in [5.74, 6) is 0. The zero-order valence-electron chi connectivity index (χ0n) is 11.3. The Labute approximate surface area is 106 Å². The normalized spacial score (nSPS) is 19.5. The van der Waals surface area contributed by atoms with Gasteiger partial charge in [-0.05, 0) is 33.1 Å². The van der Waals surface area contributed by atoms with Gasteiger partial charge in [-0.2, -0.15) is 17.4 Å². The minimum absolute atomic E-state index is 0.341. The minimum Gasteiger partial charge on any atom is -0.197 e. The van der Waals surface area contributed by atoms with Crippen LogP contribution in [0.4, 0.5) is 0 Å². The van der Waals surface area contributed by atoms with Gasteiger partial charge in [0.05, 0.1) is 0 Å². The minimum atomic E-state index is -3.29. The smallest absolute Gasteiger partial charge is 0.197 e. The van der Waals surface area contributed by atoms with Crippen molar-refractivity contribution in [3.8, 4) is 0 Å². The Morgan fingerprint density at radius 2 is 1.76 bits per heavy atom. The number of hydrogen-bond donors (Lipinski definition) is 1. The maximum atomic E-state index is 12.2. The molecule has 1 heterocycles. The lowest BCUT2D eigenvalue weighted by atomic mass is 9.99. The van der Waals surface area contributed by atoms with Crippen molar-refractivity contribution >= 4 is 10.2 Å². The Hall–Kier alpha value is -0.130. The van der Waals surface area contributed by atoms with Crippen LogP contribution in [0.25, 0.3) is 0 Å². The Morgan fingerprint density at radius 1 is 1.18 bits per heavy atom. The highest BCUT2D eigenvalue weighted by molar-refractivity contribution is 7.87. The van der Waals surface area contributed by atoms with Gasteiger partial charge in [0.1, 0.15) is 0 Å². The van der Waals surface area contributed by atoms with Crippen molar-refractivity contribution < 1.29 is 8.42 Å². The number of nitrogens with one attached hydrogen (secondary N) is 1. The van der Waals surface area contributed by atoms with Gasteiger partial charge in [0.2, 0.25) is 0 Å². The van der Waals surface area contributed by atoms with Crippen molar-refractivity contribution in [2.24, 2.45) is 0 Å². The fraction of sp³-hybridized carbons (Fsp3) is 1.00. The van der Waals surface area contributed by atoms with Crippen LogP contribution in [0.1, 0.15) is 59.3 Å². The Kier molecular flexibility index (Phi) is 5.41. The van der Waals surface area contributed by atoms with Crippen LogP contribution in [0.5, 0.6) is 0 Å². The monoisotopic (exact) mass is 262 g/mol. The quantitative estimate of drug-likeness (QED) is 0.798. The summed E-state index contributed by atoms with van der Waals surface area (Å²) in [6.45, 7) is 7.38. The molecule has 102 valence electrons. The van der Waals surface area contributed by atoms with Gasteiger partial charge >= 0.3 is 0 Å². The molecule has 0 saturated carbocycles. The standard InChI is InChI=1S/C12H26N2O2S/c1-4-5-9-12(2,3)13-17(15,16)14-10-7-6-8-11-14/h13H,4-11H2,1-3H3. The second-order valence-corrected chi connectivity index (χ2v) is 7.22. The first-order valence-electron chi connectivity index (χ1n) is 6.66. The fourth-order valence-electron chi connectivity index (χ4n) is 2.19. The van der Waals surface area contributed by atoms with Crippen molar-refractivity contribution in [3.63, 3.8) is 0 Å². The maximum absolute atomic E-state index is 12.2. The lowest BCUT2D eigenvalue weighted by Crippen LogP contribution is -2.51. The van der Waals surface area contributed by atoms with Gasteiger partial charge in [0, 0.05) is 18.6 Å². The third kappa shape index (κ3) is 4.94. The molecule has 0 unspecified atom stereocenters. The molecule has 1 aliphatic rings. The van der Waals surface area contributed by atoms with Gasteiger partial charge in [0.15, 0.2) is 0 Å². The summed E-state index contributed by atoms with van der Waals surface area (Å²) in [5.41, 5.74) is -0.341. The van der Waals surface area contributed by atoms with Crippen LogP contribution in [0.15, 0.2) is 0 Å². The van der Waals surface area contributed by atoms with Gasteiger partial charge in [0.25, 0.3) is 10.2 Å². The molecule has 1 saturated heterocycles. The molecule has 0 radical (unpaired) electrons. The molecule has 0 atom stereocenters. The van der Waals surface area contributed by atoms with Crippen molar-refractivity contribution in [1.82, 2.24) is 9.03 Å². The lowest BCUT2D eigenvalue weighted by Gasteiger charge is -2.32. The molecule has 0 aliphatic carbocycles. The number of unbranched alkanes of at least 4 members (excludes halogenated alkanes) is 1. The molecule has 1 N–H and O–H groups in total. The molecule has 5 heteroatoms. The van der Waals surface area contributed by atoms with E-state index in [1.807, 2.05) is 13.8 Å². The topological polar surface area (TPSA) is 49.4 Å². The van der Waals surface area contributed by atoms with Crippen molar-refractivity contribution in [3.05, 3.63) is 0 Å². The third-order valence-electron chi connectivity index (χ3n) is 3.22. The van der Waals surface area contributed by atoms with Crippen molar-refractivity contribution in [1.29, 1.82) is 0 Å². The molecule has 1 rings (SSSR count). The van der Waals surface area contributed by atoms with Crippen LogP contribution in [0, 0.1) is 0 Å². The Morgan fingerprint density at radius 3 is 2.29 bits per heavy atom. The van der Waals surface area contributed by atoms with Gasteiger partial charge in [-0.25, -0.2) is 0 Å². The average molecular weight is 262 g/mol. The predicted octanol–water partition coefficient (Wildman–Crippen LogP) is 2.28. The molecule has 0 amide bonds. The Bertz CT molecular complexity index is 319. The van der Waals surface area contributed by atoms with E-state index in [9.17, 15) is 8.42 Å². The molecule has 0 bridgehead atoms. The molecule has 17 heavy (non-hydrogen) atoms. The summed E-state index contributed by atoms with van der Waals surface area (Å²) in [6.07, 6.45) is 6.14. The molecule has 1 fully saturated rings. The highest BCUT2D eigenvalue weighted by Crippen LogP contribution is 2.18. The number of nitrogens with zero attached hydrogens (tertiary/aromatic N) is 1.